The Labute approximate surface area is 115 Å². The van der Waals surface area contributed by atoms with Gasteiger partial charge in [0.05, 0.1) is 6.61 Å². The molecule has 5 heteroatoms. The quantitative estimate of drug-likeness (QED) is 0.551. The lowest BCUT2D eigenvalue weighted by Gasteiger charge is -2.34. The van der Waals surface area contributed by atoms with Gasteiger partial charge in [-0.1, -0.05) is 45.4 Å². The fourth-order valence-corrected chi connectivity index (χ4v) is 2.18. The highest BCUT2D eigenvalue weighted by molar-refractivity contribution is 4.82. The van der Waals surface area contributed by atoms with E-state index in [1.54, 1.807) is 0 Å². The molecule has 4 atom stereocenters. The molecule has 0 saturated carbocycles. The van der Waals surface area contributed by atoms with Crippen LogP contribution in [0.4, 0.5) is 0 Å². The van der Waals surface area contributed by atoms with E-state index in [1.807, 2.05) is 0 Å². The van der Waals surface area contributed by atoms with Gasteiger partial charge in [-0.15, -0.1) is 0 Å². The molecule has 0 amide bonds. The van der Waals surface area contributed by atoms with Crippen molar-refractivity contribution in [2.75, 3.05) is 13.2 Å². The second-order valence-electron chi connectivity index (χ2n) is 5.24. The molecule has 0 aromatic carbocycles. The van der Waals surface area contributed by atoms with Gasteiger partial charge in [-0.3, -0.25) is 0 Å². The van der Waals surface area contributed by atoms with E-state index in [0.717, 1.165) is 12.8 Å². The van der Waals surface area contributed by atoms with Gasteiger partial charge in [-0.25, -0.2) is 0 Å². The predicted octanol–water partition coefficient (Wildman–Crippen LogP) is 1.19. The van der Waals surface area contributed by atoms with Crippen molar-refractivity contribution >= 4 is 0 Å². The minimum absolute atomic E-state index is 0.0000882. The first kappa shape index (κ1) is 16.9. The molecule has 0 aromatic rings. The van der Waals surface area contributed by atoms with E-state index in [0.29, 0.717) is 6.61 Å². The zero-order chi connectivity index (χ0) is 14.1. The molecular formula is C14H28O5. The van der Waals surface area contributed by atoms with Gasteiger partial charge in [0.2, 0.25) is 0 Å². The lowest BCUT2D eigenvalue weighted by molar-refractivity contribution is -0.270. The first-order valence-electron chi connectivity index (χ1n) is 7.44. The van der Waals surface area contributed by atoms with Gasteiger partial charge in [0.25, 0.3) is 0 Å². The molecule has 1 unspecified atom stereocenters. The van der Waals surface area contributed by atoms with Crippen molar-refractivity contribution in [2.24, 2.45) is 0 Å². The second kappa shape index (κ2) is 9.66. The van der Waals surface area contributed by atoms with Crippen LogP contribution in [0.3, 0.4) is 0 Å². The van der Waals surface area contributed by atoms with Gasteiger partial charge in [-0.05, 0) is 6.42 Å². The summed E-state index contributed by atoms with van der Waals surface area (Å²) < 4.78 is 10.5. The first-order valence-corrected chi connectivity index (χ1v) is 7.44. The standard InChI is InChI=1S/C14H28O5/c1-2-3-4-5-6-7-8-9-18-14-13(17)12(16)11(15)10-19-14/h11-17H,2-10H2,1H3/t11-,12+,13+,14?/m1/s1. The molecule has 114 valence electrons. The third-order valence-electron chi connectivity index (χ3n) is 3.48. The Morgan fingerprint density at radius 3 is 2.26 bits per heavy atom. The van der Waals surface area contributed by atoms with Crippen LogP contribution < -0.4 is 0 Å². The lowest BCUT2D eigenvalue weighted by atomic mass is 10.1. The Bertz CT molecular complexity index is 224. The highest BCUT2D eigenvalue weighted by Gasteiger charge is 2.37. The molecule has 1 aliphatic heterocycles. The number of unbranched alkanes of at least 4 members (excludes halogenated alkanes) is 6. The van der Waals surface area contributed by atoms with Gasteiger partial charge in [0, 0.05) is 6.61 Å². The number of rotatable bonds is 9. The summed E-state index contributed by atoms with van der Waals surface area (Å²) in [7, 11) is 0. The maximum atomic E-state index is 9.65. The van der Waals surface area contributed by atoms with E-state index in [1.165, 1.54) is 32.1 Å². The number of aliphatic hydroxyl groups excluding tert-OH is 3. The van der Waals surface area contributed by atoms with Crippen molar-refractivity contribution in [1.29, 1.82) is 0 Å². The normalized spacial score (nSPS) is 31.6. The van der Waals surface area contributed by atoms with Crippen LogP contribution in [0.25, 0.3) is 0 Å². The zero-order valence-electron chi connectivity index (χ0n) is 11.8. The molecule has 0 spiro atoms. The minimum atomic E-state index is -1.19. The fourth-order valence-electron chi connectivity index (χ4n) is 2.18. The lowest BCUT2D eigenvalue weighted by Crippen LogP contribution is -2.53. The predicted molar refractivity (Wildman–Crippen MR) is 71.7 cm³/mol. The van der Waals surface area contributed by atoms with Crippen molar-refractivity contribution in [3.05, 3.63) is 0 Å². The molecule has 1 heterocycles. The van der Waals surface area contributed by atoms with Crippen LogP contribution in [0.5, 0.6) is 0 Å². The van der Waals surface area contributed by atoms with Gasteiger partial charge < -0.3 is 24.8 Å². The number of hydrogen-bond acceptors (Lipinski definition) is 5. The molecule has 0 aliphatic carbocycles. The SMILES string of the molecule is CCCCCCCCCOC1OC[C@@H](O)[C@H](O)[C@@H]1O. The van der Waals surface area contributed by atoms with Crippen molar-refractivity contribution in [2.45, 2.75) is 76.5 Å². The zero-order valence-corrected chi connectivity index (χ0v) is 11.8. The van der Waals surface area contributed by atoms with E-state index in [2.05, 4.69) is 6.92 Å². The molecule has 1 saturated heterocycles. The van der Waals surface area contributed by atoms with Crippen LogP contribution in [0.1, 0.15) is 51.9 Å². The maximum absolute atomic E-state index is 9.65. The third-order valence-corrected chi connectivity index (χ3v) is 3.48. The molecule has 1 aliphatic rings. The van der Waals surface area contributed by atoms with Gasteiger partial charge in [-0.2, -0.15) is 0 Å². The first-order chi connectivity index (χ1) is 9.16. The van der Waals surface area contributed by atoms with Crippen LogP contribution in [-0.4, -0.2) is 53.1 Å². The maximum Gasteiger partial charge on any atom is 0.186 e. The van der Waals surface area contributed by atoms with Crippen LogP contribution in [-0.2, 0) is 9.47 Å². The summed E-state index contributed by atoms with van der Waals surface area (Å²) in [6.07, 6.45) is 4.15. The van der Waals surface area contributed by atoms with Crippen molar-refractivity contribution in [3.8, 4) is 0 Å². The Morgan fingerprint density at radius 2 is 1.58 bits per heavy atom. The topological polar surface area (TPSA) is 79.2 Å². The number of ether oxygens (including phenoxy) is 2. The number of hydrogen-bond donors (Lipinski definition) is 3. The van der Waals surface area contributed by atoms with Crippen LogP contribution >= 0.6 is 0 Å². The summed E-state index contributed by atoms with van der Waals surface area (Å²) in [6.45, 7) is 2.72. The van der Waals surface area contributed by atoms with Gasteiger partial charge >= 0.3 is 0 Å². The fraction of sp³-hybridized carbons (Fsp3) is 1.00. The third kappa shape index (κ3) is 6.19. The van der Waals surface area contributed by atoms with Gasteiger partial charge in [0.15, 0.2) is 6.29 Å². The molecule has 5 nitrogen and oxygen atoms in total. The largest absolute Gasteiger partial charge is 0.388 e. The van der Waals surface area contributed by atoms with Crippen molar-refractivity contribution < 1.29 is 24.8 Å². The van der Waals surface area contributed by atoms with E-state index < -0.39 is 24.6 Å². The molecule has 1 fully saturated rings. The average Bonchev–Trinajstić information content (AvgIpc) is 2.41. The highest BCUT2D eigenvalue weighted by atomic mass is 16.7. The van der Waals surface area contributed by atoms with Crippen molar-refractivity contribution in [3.63, 3.8) is 0 Å². The average molecular weight is 276 g/mol. The van der Waals surface area contributed by atoms with E-state index in [9.17, 15) is 15.3 Å². The van der Waals surface area contributed by atoms with Crippen LogP contribution in [0.15, 0.2) is 0 Å². The summed E-state index contributed by atoms with van der Waals surface area (Å²) in [5.74, 6) is 0. The molecule has 1 rings (SSSR count). The number of aliphatic hydroxyl groups is 3. The smallest absolute Gasteiger partial charge is 0.186 e. The monoisotopic (exact) mass is 276 g/mol. The molecular weight excluding hydrogens is 248 g/mol. The minimum Gasteiger partial charge on any atom is -0.388 e. The summed E-state index contributed by atoms with van der Waals surface area (Å²) >= 11 is 0. The van der Waals surface area contributed by atoms with E-state index in [4.69, 9.17) is 9.47 Å². The Hall–Kier alpha value is -0.200. The Morgan fingerprint density at radius 1 is 0.947 bits per heavy atom. The van der Waals surface area contributed by atoms with E-state index in [-0.39, 0.29) is 6.61 Å². The summed E-state index contributed by atoms with van der Waals surface area (Å²) in [6, 6.07) is 0. The van der Waals surface area contributed by atoms with Crippen LogP contribution in [0, 0.1) is 0 Å². The Balaban J connectivity index is 2.00. The molecule has 0 aromatic heterocycles. The molecule has 19 heavy (non-hydrogen) atoms. The Kier molecular flexibility index (Phi) is 8.57. The summed E-state index contributed by atoms with van der Waals surface area (Å²) in [5.41, 5.74) is 0. The molecule has 3 N–H and O–H groups in total. The molecule has 0 radical (unpaired) electrons. The molecule has 0 bridgehead atoms. The summed E-state index contributed by atoms with van der Waals surface area (Å²) in [5, 5.41) is 28.4. The highest BCUT2D eigenvalue weighted by Crippen LogP contribution is 2.17. The van der Waals surface area contributed by atoms with Crippen molar-refractivity contribution in [1.82, 2.24) is 0 Å². The van der Waals surface area contributed by atoms with Crippen LogP contribution in [0.2, 0.25) is 0 Å². The second-order valence-corrected chi connectivity index (χ2v) is 5.24. The summed E-state index contributed by atoms with van der Waals surface area (Å²) in [4.78, 5) is 0. The van der Waals surface area contributed by atoms with Gasteiger partial charge in [0.1, 0.15) is 18.3 Å². The van der Waals surface area contributed by atoms with E-state index >= 15 is 0 Å².